The van der Waals surface area contributed by atoms with Crippen LogP contribution in [0, 0.1) is 6.92 Å². The van der Waals surface area contributed by atoms with Crippen LogP contribution in [0.15, 0.2) is 29.3 Å². The topological polar surface area (TPSA) is 41.5 Å². The lowest BCUT2D eigenvalue weighted by Crippen LogP contribution is -2.42. The standard InChI is InChI=1S/C11H9Cl3N2OS/c1-7-4-2-3-5-8(7)9(17)16-10(15-6-18)11(12,13)14/h2-5,10H,1H3,(H,16,17)/t10-/m1/s1. The van der Waals surface area contributed by atoms with Crippen LogP contribution in [-0.2, 0) is 0 Å². The summed E-state index contributed by atoms with van der Waals surface area (Å²) >= 11 is 21.5. The van der Waals surface area contributed by atoms with Gasteiger partial charge in [0.2, 0.25) is 3.79 Å². The SMILES string of the molecule is Cc1ccccc1C(=O)N[C@@H](N=C=S)C(Cl)(Cl)Cl. The van der Waals surface area contributed by atoms with Crippen LogP contribution in [-0.4, -0.2) is 21.0 Å². The molecular formula is C11H9Cl3N2OS. The number of aliphatic imine (C=N–C) groups is 1. The van der Waals surface area contributed by atoms with Crippen molar-refractivity contribution in [3.63, 3.8) is 0 Å². The average Bonchev–Trinajstić information content (AvgIpc) is 2.27. The molecule has 0 radical (unpaired) electrons. The van der Waals surface area contributed by atoms with E-state index in [2.05, 4.69) is 27.7 Å². The van der Waals surface area contributed by atoms with E-state index in [9.17, 15) is 4.79 Å². The molecule has 0 fully saturated rings. The van der Waals surface area contributed by atoms with Crippen molar-refractivity contribution in [3.05, 3.63) is 35.4 Å². The second-order valence-corrected chi connectivity index (χ2v) is 6.00. The average molecular weight is 324 g/mol. The summed E-state index contributed by atoms with van der Waals surface area (Å²) in [6.45, 7) is 1.81. The van der Waals surface area contributed by atoms with E-state index in [1.54, 1.807) is 12.1 Å². The van der Waals surface area contributed by atoms with Gasteiger partial charge >= 0.3 is 0 Å². The van der Waals surface area contributed by atoms with Crippen molar-refractivity contribution in [2.45, 2.75) is 16.9 Å². The van der Waals surface area contributed by atoms with Crippen LogP contribution >= 0.6 is 47.0 Å². The van der Waals surface area contributed by atoms with Gasteiger partial charge in [0.25, 0.3) is 5.91 Å². The molecule has 1 rings (SSSR count). The number of isothiocyanates is 1. The third kappa shape index (κ3) is 4.23. The quantitative estimate of drug-likeness (QED) is 0.525. The summed E-state index contributed by atoms with van der Waals surface area (Å²) in [6.07, 6.45) is -1.08. The Morgan fingerprint density at radius 2 is 2.06 bits per heavy atom. The molecule has 0 spiro atoms. The molecule has 1 N–H and O–H groups in total. The van der Waals surface area contributed by atoms with Gasteiger partial charge in [-0.05, 0) is 30.8 Å². The molecule has 0 saturated heterocycles. The Kier molecular flexibility index (Phi) is 5.57. The van der Waals surface area contributed by atoms with Crippen molar-refractivity contribution < 1.29 is 4.79 Å². The monoisotopic (exact) mass is 322 g/mol. The summed E-state index contributed by atoms with van der Waals surface area (Å²) in [5.74, 6) is -0.390. The molecule has 18 heavy (non-hydrogen) atoms. The van der Waals surface area contributed by atoms with Crippen LogP contribution in [0.3, 0.4) is 0 Å². The van der Waals surface area contributed by atoms with E-state index in [0.717, 1.165) is 5.56 Å². The molecule has 0 aliphatic carbocycles. The second-order valence-electron chi connectivity index (χ2n) is 3.45. The minimum absolute atomic E-state index is 0.390. The Hall–Kier alpha value is -0.640. The first-order valence-corrected chi connectivity index (χ1v) is 6.40. The van der Waals surface area contributed by atoms with Crippen molar-refractivity contribution in [1.82, 2.24) is 5.32 Å². The molecule has 1 aromatic rings. The van der Waals surface area contributed by atoms with Gasteiger partial charge in [-0.1, -0.05) is 53.0 Å². The fraction of sp³-hybridized carbons (Fsp3) is 0.273. The lowest BCUT2D eigenvalue weighted by Gasteiger charge is -2.20. The lowest BCUT2D eigenvalue weighted by molar-refractivity contribution is 0.0938. The minimum Gasteiger partial charge on any atom is -0.326 e. The Morgan fingerprint density at radius 1 is 1.44 bits per heavy atom. The molecular weight excluding hydrogens is 315 g/mol. The summed E-state index contributed by atoms with van der Waals surface area (Å²) < 4.78 is -1.79. The number of halogens is 3. The molecule has 1 atom stereocenters. The Morgan fingerprint density at radius 3 is 2.56 bits per heavy atom. The Bertz CT molecular complexity index is 495. The smallest absolute Gasteiger partial charge is 0.253 e. The van der Waals surface area contributed by atoms with E-state index < -0.39 is 15.9 Å². The van der Waals surface area contributed by atoms with Gasteiger partial charge in [-0.25, -0.2) is 4.99 Å². The van der Waals surface area contributed by atoms with Gasteiger partial charge in [0, 0.05) is 5.56 Å². The number of aryl methyl sites for hydroxylation is 1. The Balaban J connectivity index is 2.93. The van der Waals surface area contributed by atoms with Crippen LogP contribution in [0.1, 0.15) is 15.9 Å². The zero-order valence-electron chi connectivity index (χ0n) is 9.28. The third-order valence-corrected chi connectivity index (χ3v) is 2.87. The molecule has 0 unspecified atom stereocenters. The van der Waals surface area contributed by atoms with Crippen LogP contribution in [0.4, 0.5) is 0 Å². The number of nitrogens with one attached hydrogen (secondary N) is 1. The fourth-order valence-corrected chi connectivity index (χ4v) is 1.69. The molecule has 0 aromatic heterocycles. The highest BCUT2D eigenvalue weighted by molar-refractivity contribution is 7.78. The van der Waals surface area contributed by atoms with Crippen molar-refractivity contribution in [2.24, 2.45) is 4.99 Å². The number of nitrogens with zero attached hydrogens (tertiary/aromatic N) is 1. The molecule has 7 heteroatoms. The summed E-state index contributed by atoms with van der Waals surface area (Å²) in [7, 11) is 0. The van der Waals surface area contributed by atoms with E-state index in [1.165, 1.54) is 0 Å². The number of alkyl halides is 3. The number of carbonyl (C=O) groups excluding carboxylic acids is 1. The minimum atomic E-state index is -1.79. The molecule has 0 aliphatic rings. The number of hydrogen-bond acceptors (Lipinski definition) is 3. The van der Waals surface area contributed by atoms with E-state index in [0.29, 0.717) is 5.56 Å². The first-order chi connectivity index (χ1) is 8.36. The van der Waals surface area contributed by atoms with Gasteiger partial charge in [-0.15, -0.1) is 0 Å². The first-order valence-electron chi connectivity index (χ1n) is 4.86. The molecule has 0 saturated carbocycles. The van der Waals surface area contributed by atoms with Crippen LogP contribution in [0.5, 0.6) is 0 Å². The highest BCUT2D eigenvalue weighted by atomic mass is 35.6. The Labute approximate surface area is 125 Å². The van der Waals surface area contributed by atoms with E-state index >= 15 is 0 Å². The van der Waals surface area contributed by atoms with Crippen LogP contribution in [0.2, 0.25) is 0 Å². The molecule has 1 amide bonds. The normalized spacial score (nSPS) is 12.4. The van der Waals surface area contributed by atoms with Crippen LogP contribution < -0.4 is 5.32 Å². The predicted molar refractivity (Wildman–Crippen MR) is 77.7 cm³/mol. The molecule has 96 valence electrons. The molecule has 3 nitrogen and oxygen atoms in total. The first kappa shape index (κ1) is 15.4. The molecule has 0 heterocycles. The van der Waals surface area contributed by atoms with Crippen molar-refractivity contribution in [1.29, 1.82) is 0 Å². The zero-order valence-corrected chi connectivity index (χ0v) is 12.4. The van der Waals surface area contributed by atoms with Crippen molar-refractivity contribution >= 4 is 58.1 Å². The number of benzene rings is 1. The second kappa shape index (κ2) is 6.50. The largest absolute Gasteiger partial charge is 0.326 e. The lowest BCUT2D eigenvalue weighted by atomic mass is 10.1. The van der Waals surface area contributed by atoms with Crippen molar-refractivity contribution in [3.8, 4) is 0 Å². The van der Waals surface area contributed by atoms with Gasteiger partial charge in [0.1, 0.15) is 0 Å². The number of rotatable bonds is 3. The van der Waals surface area contributed by atoms with E-state index in [4.69, 9.17) is 34.8 Å². The summed E-state index contributed by atoms with van der Waals surface area (Å²) in [4.78, 5) is 15.6. The van der Waals surface area contributed by atoms with E-state index in [-0.39, 0.29) is 0 Å². The number of carbonyl (C=O) groups is 1. The molecule has 1 aromatic carbocycles. The molecule has 0 aliphatic heterocycles. The van der Waals surface area contributed by atoms with Crippen molar-refractivity contribution in [2.75, 3.05) is 0 Å². The van der Waals surface area contributed by atoms with Gasteiger partial charge in [0.15, 0.2) is 6.17 Å². The summed E-state index contributed by atoms with van der Waals surface area (Å²) in [5, 5.41) is 4.57. The summed E-state index contributed by atoms with van der Waals surface area (Å²) in [6, 6.07) is 7.05. The van der Waals surface area contributed by atoms with Crippen LogP contribution in [0.25, 0.3) is 0 Å². The maximum absolute atomic E-state index is 12.0. The zero-order chi connectivity index (χ0) is 13.8. The third-order valence-electron chi connectivity index (χ3n) is 2.15. The van der Waals surface area contributed by atoms with E-state index in [1.807, 2.05) is 19.1 Å². The number of hydrogen-bond donors (Lipinski definition) is 1. The summed E-state index contributed by atoms with van der Waals surface area (Å²) in [5.41, 5.74) is 1.29. The fourth-order valence-electron chi connectivity index (χ4n) is 1.27. The van der Waals surface area contributed by atoms with Gasteiger partial charge < -0.3 is 5.32 Å². The van der Waals surface area contributed by atoms with Gasteiger partial charge in [-0.3, -0.25) is 4.79 Å². The number of thiocarbonyl (C=S) groups is 1. The molecule has 0 bridgehead atoms. The van der Waals surface area contributed by atoms with Gasteiger partial charge in [0.05, 0.1) is 5.16 Å². The van der Waals surface area contributed by atoms with Gasteiger partial charge in [-0.2, -0.15) is 0 Å². The number of amides is 1. The predicted octanol–water partition coefficient (Wildman–Crippen LogP) is 3.52. The maximum atomic E-state index is 12.0. The highest BCUT2D eigenvalue weighted by Gasteiger charge is 2.34. The maximum Gasteiger partial charge on any atom is 0.253 e. The highest BCUT2D eigenvalue weighted by Crippen LogP contribution is 2.31.